The molecular formula is C12H12BrNO2. The molecule has 0 radical (unpaired) electrons. The van der Waals surface area contributed by atoms with Gasteiger partial charge in [0, 0.05) is 16.6 Å². The summed E-state index contributed by atoms with van der Waals surface area (Å²) in [4.78, 5) is 0. The summed E-state index contributed by atoms with van der Waals surface area (Å²) in [7, 11) is 0. The first-order chi connectivity index (χ1) is 7.58. The van der Waals surface area contributed by atoms with E-state index in [4.69, 9.17) is 0 Å². The maximum absolute atomic E-state index is 9.51. The molecule has 0 saturated carbocycles. The van der Waals surface area contributed by atoms with E-state index >= 15 is 0 Å². The van der Waals surface area contributed by atoms with Crippen molar-refractivity contribution in [3.63, 3.8) is 0 Å². The average molecular weight is 282 g/mol. The lowest BCUT2D eigenvalue weighted by atomic mass is 10.1. The van der Waals surface area contributed by atoms with Gasteiger partial charge in [0.05, 0.1) is 6.54 Å². The van der Waals surface area contributed by atoms with Gasteiger partial charge >= 0.3 is 0 Å². The summed E-state index contributed by atoms with van der Waals surface area (Å²) >= 11 is 3.45. The second-order valence-electron chi connectivity index (χ2n) is 3.72. The third-order valence-corrected chi connectivity index (χ3v) is 3.37. The van der Waals surface area contributed by atoms with Crippen LogP contribution in [0.5, 0.6) is 11.8 Å². The SMILES string of the molecule is Cc1ccc(Cn2c(O)ccc2O)cc1Br. The van der Waals surface area contributed by atoms with Crippen LogP contribution < -0.4 is 0 Å². The monoisotopic (exact) mass is 281 g/mol. The summed E-state index contributed by atoms with van der Waals surface area (Å²) in [6.45, 7) is 2.46. The van der Waals surface area contributed by atoms with E-state index in [2.05, 4.69) is 15.9 Å². The highest BCUT2D eigenvalue weighted by atomic mass is 79.9. The number of nitrogens with zero attached hydrogens (tertiary/aromatic N) is 1. The summed E-state index contributed by atoms with van der Waals surface area (Å²) in [6.07, 6.45) is 0. The van der Waals surface area contributed by atoms with Gasteiger partial charge < -0.3 is 10.2 Å². The van der Waals surface area contributed by atoms with Gasteiger partial charge in [-0.25, -0.2) is 0 Å². The first-order valence-electron chi connectivity index (χ1n) is 4.90. The molecule has 1 heterocycles. The molecule has 4 heteroatoms. The van der Waals surface area contributed by atoms with Crippen molar-refractivity contribution in [2.24, 2.45) is 0 Å². The van der Waals surface area contributed by atoms with E-state index in [0.29, 0.717) is 6.54 Å². The van der Waals surface area contributed by atoms with Crippen molar-refractivity contribution >= 4 is 15.9 Å². The molecule has 0 aliphatic carbocycles. The van der Waals surface area contributed by atoms with E-state index in [0.717, 1.165) is 15.6 Å². The number of aromatic hydroxyl groups is 2. The van der Waals surface area contributed by atoms with Crippen molar-refractivity contribution < 1.29 is 10.2 Å². The fraction of sp³-hybridized carbons (Fsp3) is 0.167. The molecule has 84 valence electrons. The van der Waals surface area contributed by atoms with Gasteiger partial charge in [0.2, 0.25) is 0 Å². The molecule has 0 aliphatic heterocycles. The molecule has 0 aliphatic rings. The molecule has 1 aromatic heterocycles. The van der Waals surface area contributed by atoms with E-state index < -0.39 is 0 Å². The van der Waals surface area contributed by atoms with Crippen LogP contribution in [0.15, 0.2) is 34.8 Å². The molecule has 0 amide bonds. The minimum absolute atomic E-state index is 0.0641. The molecular weight excluding hydrogens is 270 g/mol. The van der Waals surface area contributed by atoms with Crippen LogP contribution in [0.25, 0.3) is 0 Å². The molecule has 2 rings (SSSR count). The molecule has 16 heavy (non-hydrogen) atoms. The van der Waals surface area contributed by atoms with E-state index in [9.17, 15) is 10.2 Å². The Balaban J connectivity index is 2.31. The van der Waals surface area contributed by atoms with Gasteiger partial charge in [-0.05, 0) is 24.1 Å². The molecule has 1 aromatic carbocycles. The third-order valence-electron chi connectivity index (χ3n) is 2.51. The van der Waals surface area contributed by atoms with E-state index in [-0.39, 0.29) is 11.8 Å². The van der Waals surface area contributed by atoms with E-state index in [1.165, 1.54) is 16.7 Å². The van der Waals surface area contributed by atoms with Gasteiger partial charge in [-0.3, -0.25) is 4.57 Å². The van der Waals surface area contributed by atoms with Gasteiger partial charge in [0.25, 0.3) is 0 Å². The maximum Gasteiger partial charge on any atom is 0.194 e. The lowest BCUT2D eigenvalue weighted by molar-refractivity contribution is 0.377. The van der Waals surface area contributed by atoms with Crippen LogP contribution in [0.3, 0.4) is 0 Å². The van der Waals surface area contributed by atoms with E-state index in [1.54, 1.807) is 0 Å². The minimum Gasteiger partial charge on any atom is -0.494 e. The van der Waals surface area contributed by atoms with Crippen LogP contribution in [0.1, 0.15) is 11.1 Å². The second-order valence-corrected chi connectivity index (χ2v) is 4.57. The molecule has 0 bridgehead atoms. The van der Waals surface area contributed by atoms with Crippen LogP contribution in [0.2, 0.25) is 0 Å². The first kappa shape index (κ1) is 11.1. The Morgan fingerprint density at radius 2 is 1.75 bits per heavy atom. The quantitative estimate of drug-likeness (QED) is 0.889. The number of aryl methyl sites for hydroxylation is 1. The Labute approximate surface area is 102 Å². The summed E-state index contributed by atoms with van der Waals surface area (Å²) in [5, 5.41) is 19.0. The number of benzene rings is 1. The Bertz CT molecular complexity index is 500. The lowest BCUT2D eigenvalue weighted by Crippen LogP contribution is -1.98. The zero-order valence-corrected chi connectivity index (χ0v) is 10.4. The fourth-order valence-corrected chi connectivity index (χ4v) is 1.95. The van der Waals surface area contributed by atoms with Gasteiger partial charge in [0.1, 0.15) is 0 Å². The van der Waals surface area contributed by atoms with Gasteiger partial charge in [-0.1, -0.05) is 28.1 Å². The summed E-state index contributed by atoms with van der Waals surface area (Å²) in [6, 6.07) is 8.89. The highest BCUT2D eigenvalue weighted by molar-refractivity contribution is 9.10. The summed E-state index contributed by atoms with van der Waals surface area (Å²) in [5.74, 6) is 0.128. The van der Waals surface area contributed by atoms with Crippen LogP contribution in [-0.2, 0) is 6.54 Å². The molecule has 0 saturated heterocycles. The van der Waals surface area contributed by atoms with Crippen LogP contribution in [0, 0.1) is 6.92 Å². The number of hydrogen-bond acceptors (Lipinski definition) is 2. The molecule has 2 aromatic rings. The highest BCUT2D eigenvalue weighted by Crippen LogP contribution is 2.24. The third kappa shape index (κ3) is 2.07. The number of rotatable bonds is 2. The molecule has 0 atom stereocenters. The molecule has 0 fully saturated rings. The smallest absolute Gasteiger partial charge is 0.194 e. The van der Waals surface area contributed by atoms with E-state index in [1.807, 2.05) is 25.1 Å². The Morgan fingerprint density at radius 1 is 1.12 bits per heavy atom. The molecule has 3 nitrogen and oxygen atoms in total. The zero-order chi connectivity index (χ0) is 11.7. The zero-order valence-electron chi connectivity index (χ0n) is 8.81. The predicted octanol–water partition coefficient (Wildman–Crippen LogP) is 3.02. The second kappa shape index (κ2) is 4.22. The summed E-state index contributed by atoms with van der Waals surface area (Å²) in [5.41, 5.74) is 2.17. The highest BCUT2D eigenvalue weighted by Gasteiger charge is 2.06. The molecule has 0 spiro atoms. The van der Waals surface area contributed by atoms with Gasteiger partial charge in [0.15, 0.2) is 11.8 Å². The maximum atomic E-state index is 9.51. The normalized spacial score (nSPS) is 10.6. The number of hydrogen-bond donors (Lipinski definition) is 2. The van der Waals surface area contributed by atoms with Crippen LogP contribution in [0.4, 0.5) is 0 Å². The Hall–Kier alpha value is -1.42. The number of halogens is 1. The fourth-order valence-electron chi connectivity index (χ4n) is 1.53. The lowest BCUT2D eigenvalue weighted by Gasteiger charge is -2.08. The topological polar surface area (TPSA) is 45.4 Å². The molecule has 0 unspecified atom stereocenters. The Kier molecular flexibility index (Phi) is 2.92. The number of aromatic nitrogens is 1. The van der Waals surface area contributed by atoms with Crippen molar-refractivity contribution in [1.82, 2.24) is 4.57 Å². The predicted molar refractivity (Wildman–Crippen MR) is 65.7 cm³/mol. The minimum atomic E-state index is 0.0641. The van der Waals surface area contributed by atoms with Crippen molar-refractivity contribution in [3.8, 4) is 11.8 Å². The van der Waals surface area contributed by atoms with Crippen molar-refractivity contribution in [3.05, 3.63) is 45.9 Å². The van der Waals surface area contributed by atoms with Crippen LogP contribution >= 0.6 is 15.9 Å². The average Bonchev–Trinajstić information content (AvgIpc) is 2.55. The first-order valence-corrected chi connectivity index (χ1v) is 5.69. The van der Waals surface area contributed by atoms with Gasteiger partial charge in [-0.15, -0.1) is 0 Å². The van der Waals surface area contributed by atoms with Gasteiger partial charge in [-0.2, -0.15) is 0 Å². The standard InChI is InChI=1S/C12H12BrNO2/c1-8-2-3-9(6-10(8)13)7-14-11(15)4-5-12(14)16/h2-6,15-16H,7H2,1H3. The molecule has 2 N–H and O–H groups in total. The summed E-state index contributed by atoms with van der Waals surface area (Å²) < 4.78 is 2.47. The van der Waals surface area contributed by atoms with Crippen molar-refractivity contribution in [2.75, 3.05) is 0 Å². The largest absolute Gasteiger partial charge is 0.494 e. The van der Waals surface area contributed by atoms with Crippen molar-refractivity contribution in [2.45, 2.75) is 13.5 Å². The van der Waals surface area contributed by atoms with Crippen LogP contribution in [-0.4, -0.2) is 14.8 Å². The Morgan fingerprint density at radius 3 is 2.31 bits per heavy atom. The van der Waals surface area contributed by atoms with Crippen molar-refractivity contribution in [1.29, 1.82) is 0 Å².